The summed E-state index contributed by atoms with van der Waals surface area (Å²) >= 11 is 0. The van der Waals surface area contributed by atoms with Crippen LogP contribution >= 0.6 is 0 Å². The van der Waals surface area contributed by atoms with Gasteiger partial charge in [-0.25, -0.2) is 8.42 Å². The van der Waals surface area contributed by atoms with Gasteiger partial charge in [-0.1, -0.05) is 19.3 Å². The molecule has 0 aromatic rings. The molecule has 1 saturated carbocycles. The first-order valence-electron chi connectivity index (χ1n) is 7.26. The predicted octanol–water partition coefficient (Wildman–Crippen LogP) is -0.252. The van der Waals surface area contributed by atoms with E-state index in [1.165, 1.54) is 4.90 Å². The van der Waals surface area contributed by atoms with Crippen LogP contribution in [0, 0.1) is 0 Å². The molecule has 120 valence electrons. The van der Waals surface area contributed by atoms with Gasteiger partial charge < -0.3 is 15.7 Å². The lowest BCUT2D eigenvalue weighted by molar-refractivity contribution is -0.143. The van der Waals surface area contributed by atoms with Crippen LogP contribution in [-0.2, 0) is 19.4 Å². The highest BCUT2D eigenvalue weighted by molar-refractivity contribution is 7.91. The Bertz CT molecular complexity index is 525. The summed E-state index contributed by atoms with van der Waals surface area (Å²) in [5, 5.41) is 8.95. The van der Waals surface area contributed by atoms with Gasteiger partial charge in [0, 0.05) is 6.54 Å². The first-order valence-corrected chi connectivity index (χ1v) is 9.08. The van der Waals surface area contributed by atoms with Gasteiger partial charge in [0.05, 0.1) is 29.5 Å². The van der Waals surface area contributed by atoms with Gasteiger partial charge in [-0.2, -0.15) is 0 Å². The van der Waals surface area contributed by atoms with Crippen molar-refractivity contribution in [3.05, 3.63) is 0 Å². The molecule has 3 N–H and O–H groups in total. The topological polar surface area (TPSA) is 118 Å². The van der Waals surface area contributed by atoms with Crippen molar-refractivity contribution in [2.45, 2.75) is 50.1 Å². The van der Waals surface area contributed by atoms with Crippen molar-refractivity contribution < 1.29 is 23.1 Å². The molecule has 1 heterocycles. The number of carboxylic acid groups (broad SMARTS) is 1. The van der Waals surface area contributed by atoms with Gasteiger partial charge in [0.1, 0.15) is 0 Å². The molecular weight excluding hydrogens is 296 g/mol. The number of sulfone groups is 1. The van der Waals surface area contributed by atoms with E-state index < -0.39 is 27.4 Å². The summed E-state index contributed by atoms with van der Waals surface area (Å²) < 4.78 is 23.4. The number of nitrogens with two attached hydrogens (primary N) is 1. The van der Waals surface area contributed by atoms with E-state index in [1.54, 1.807) is 0 Å². The van der Waals surface area contributed by atoms with Crippen LogP contribution in [0.25, 0.3) is 0 Å². The lowest BCUT2D eigenvalue weighted by atomic mass is 9.81. The van der Waals surface area contributed by atoms with E-state index in [4.69, 9.17) is 10.8 Å². The molecule has 21 heavy (non-hydrogen) atoms. The highest BCUT2D eigenvalue weighted by Gasteiger charge is 2.43. The molecule has 0 aromatic heterocycles. The third-order valence-corrected chi connectivity index (χ3v) is 6.07. The van der Waals surface area contributed by atoms with Crippen molar-refractivity contribution >= 4 is 21.7 Å². The Morgan fingerprint density at radius 2 is 1.86 bits per heavy atom. The third kappa shape index (κ3) is 3.74. The minimum Gasteiger partial charge on any atom is -0.481 e. The fourth-order valence-electron chi connectivity index (χ4n) is 3.21. The number of amides is 1. The van der Waals surface area contributed by atoms with Gasteiger partial charge in [0.15, 0.2) is 9.84 Å². The van der Waals surface area contributed by atoms with Gasteiger partial charge in [0.2, 0.25) is 5.91 Å². The second-order valence-electron chi connectivity index (χ2n) is 6.08. The summed E-state index contributed by atoms with van der Waals surface area (Å²) in [4.78, 5) is 25.0. The van der Waals surface area contributed by atoms with E-state index in [9.17, 15) is 18.0 Å². The second kappa shape index (κ2) is 5.92. The number of carbonyl (C=O) groups excluding carboxylic acids is 1. The summed E-state index contributed by atoms with van der Waals surface area (Å²) in [7, 11) is -3.29. The maximum absolute atomic E-state index is 12.7. The van der Waals surface area contributed by atoms with Crippen LogP contribution in [0.3, 0.4) is 0 Å². The Kier molecular flexibility index (Phi) is 4.57. The molecule has 8 heteroatoms. The van der Waals surface area contributed by atoms with Crippen LogP contribution in [0.15, 0.2) is 0 Å². The van der Waals surface area contributed by atoms with E-state index >= 15 is 0 Å². The van der Waals surface area contributed by atoms with Crippen LogP contribution in [0.1, 0.15) is 38.5 Å². The molecular formula is C13H22N2O5S. The number of hydrogen-bond donors (Lipinski definition) is 2. The van der Waals surface area contributed by atoms with E-state index in [0.29, 0.717) is 12.8 Å². The molecule has 0 bridgehead atoms. The summed E-state index contributed by atoms with van der Waals surface area (Å²) in [5.41, 5.74) is 5.24. The number of hydrogen-bond acceptors (Lipinski definition) is 5. The average molecular weight is 318 g/mol. The first-order chi connectivity index (χ1) is 9.73. The Hall–Kier alpha value is -1.15. The molecule has 1 aliphatic heterocycles. The average Bonchev–Trinajstić information content (AvgIpc) is 2.37. The fraction of sp³-hybridized carbons (Fsp3) is 0.846. The minimum atomic E-state index is -3.29. The summed E-state index contributed by atoms with van der Waals surface area (Å²) in [6.07, 6.45) is 3.58. The van der Waals surface area contributed by atoms with E-state index in [-0.39, 0.29) is 30.4 Å². The van der Waals surface area contributed by atoms with Gasteiger partial charge in [-0.15, -0.1) is 0 Å². The monoisotopic (exact) mass is 318 g/mol. The first kappa shape index (κ1) is 16.2. The lowest BCUT2D eigenvalue weighted by Gasteiger charge is -2.42. The number of carbonyl (C=O) groups is 2. The Morgan fingerprint density at radius 1 is 1.24 bits per heavy atom. The minimum absolute atomic E-state index is 0.0397. The molecule has 2 aliphatic rings. The second-order valence-corrected chi connectivity index (χ2v) is 8.31. The predicted molar refractivity (Wildman–Crippen MR) is 76.4 cm³/mol. The SMILES string of the molecule is NC1(C(=O)N2CCS(=O)(=O)CC2CC(=O)O)CCCCC1. The van der Waals surface area contributed by atoms with Crippen molar-refractivity contribution in [3.63, 3.8) is 0 Å². The van der Waals surface area contributed by atoms with Crippen LogP contribution in [0.4, 0.5) is 0 Å². The van der Waals surface area contributed by atoms with Crippen LogP contribution in [-0.4, -0.2) is 59.9 Å². The maximum Gasteiger partial charge on any atom is 0.305 e. The van der Waals surface area contributed by atoms with Gasteiger partial charge in [0.25, 0.3) is 0 Å². The molecule has 1 unspecified atom stereocenters. The zero-order valence-electron chi connectivity index (χ0n) is 12.0. The molecule has 0 aromatic carbocycles. The van der Waals surface area contributed by atoms with Gasteiger partial charge in [-0.05, 0) is 12.8 Å². The van der Waals surface area contributed by atoms with Crippen molar-refractivity contribution in [2.75, 3.05) is 18.1 Å². The quantitative estimate of drug-likeness (QED) is 0.741. The van der Waals surface area contributed by atoms with Crippen LogP contribution in [0.5, 0.6) is 0 Å². The molecule has 0 radical (unpaired) electrons. The lowest BCUT2D eigenvalue weighted by Crippen LogP contribution is -2.62. The maximum atomic E-state index is 12.7. The highest BCUT2D eigenvalue weighted by Crippen LogP contribution is 2.29. The van der Waals surface area contributed by atoms with Gasteiger partial charge >= 0.3 is 5.97 Å². The van der Waals surface area contributed by atoms with E-state index in [1.807, 2.05) is 0 Å². The molecule has 1 saturated heterocycles. The van der Waals surface area contributed by atoms with Crippen molar-refractivity contribution in [2.24, 2.45) is 5.73 Å². The molecule has 2 fully saturated rings. The summed E-state index contributed by atoms with van der Waals surface area (Å²) in [6.45, 7) is 0.0397. The number of aliphatic carboxylic acids is 1. The number of nitrogens with zero attached hydrogens (tertiary/aromatic N) is 1. The van der Waals surface area contributed by atoms with E-state index in [2.05, 4.69) is 0 Å². The van der Waals surface area contributed by atoms with Gasteiger partial charge in [-0.3, -0.25) is 9.59 Å². The molecule has 1 aliphatic carbocycles. The molecule has 7 nitrogen and oxygen atoms in total. The molecule has 1 amide bonds. The van der Waals surface area contributed by atoms with Crippen molar-refractivity contribution in [3.8, 4) is 0 Å². The van der Waals surface area contributed by atoms with E-state index in [0.717, 1.165) is 19.3 Å². The smallest absolute Gasteiger partial charge is 0.305 e. The number of rotatable bonds is 3. The highest BCUT2D eigenvalue weighted by atomic mass is 32.2. The Balaban J connectivity index is 2.18. The number of carboxylic acids is 1. The summed E-state index contributed by atoms with van der Waals surface area (Å²) in [5.74, 6) is -1.81. The molecule has 2 rings (SSSR count). The fourth-order valence-corrected chi connectivity index (χ4v) is 4.73. The molecule has 0 spiro atoms. The van der Waals surface area contributed by atoms with Crippen LogP contribution in [0.2, 0.25) is 0 Å². The third-order valence-electron chi connectivity index (χ3n) is 4.37. The summed E-state index contributed by atoms with van der Waals surface area (Å²) in [6, 6.07) is -0.809. The Labute approximate surface area is 124 Å². The zero-order valence-corrected chi connectivity index (χ0v) is 12.8. The van der Waals surface area contributed by atoms with Crippen molar-refractivity contribution in [1.82, 2.24) is 4.90 Å². The Morgan fingerprint density at radius 3 is 2.43 bits per heavy atom. The molecule has 1 atom stereocenters. The largest absolute Gasteiger partial charge is 0.481 e. The van der Waals surface area contributed by atoms with Crippen molar-refractivity contribution in [1.29, 1.82) is 0 Å². The van der Waals surface area contributed by atoms with Crippen LogP contribution < -0.4 is 5.73 Å². The normalized spacial score (nSPS) is 28.0. The zero-order chi connectivity index (χ0) is 15.7. The standard InChI is InChI=1S/C13H22N2O5S/c14-13(4-2-1-3-5-13)12(18)15-6-7-21(19,20)9-10(15)8-11(16)17/h10H,1-9,14H2,(H,16,17).